The summed E-state index contributed by atoms with van der Waals surface area (Å²) in [5.74, 6) is -0.574. The van der Waals surface area contributed by atoms with Crippen LogP contribution in [0.3, 0.4) is 0 Å². The zero-order valence-corrected chi connectivity index (χ0v) is 48.4. The second-order valence-electron chi connectivity index (χ2n) is 27.2. The van der Waals surface area contributed by atoms with Gasteiger partial charge in [0.1, 0.15) is 104 Å². The molecule has 0 aromatic heterocycles. The number of hydrogen-bond acceptors (Lipinski definition) is 25. The largest absolute Gasteiger partial charge is 0.432 e. The molecule has 0 radical (unpaired) electrons. The van der Waals surface area contributed by atoms with Crippen molar-refractivity contribution in [3.63, 3.8) is 0 Å². The molecule has 5 aliphatic heterocycles. The molecule has 9 fully saturated rings. The summed E-state index contributed by atoms with van der Waals surface area (Å²) in [5.41, 5.74) is -0.119. The van der Waals surface area contributed by atoms with E-state index in [1.807, 2.05) is 0 Å². The molecule has 5 aliphatic carbocycles. The van der Waals surface area contributed by atoms with Gasteiger partial charge >= 0.3 is 5.97 Å². The normalized spacial score (nSPS) is 54.5. The summed E-state index contributed by atoms with van der Waals surface area (Å²) in [7, 11) is 0. The fourth-order valence-corrected chi connectivity index (χ4v) is 17.1. The minimum Gasteiger partial charge on any atom is -0.432 e. The fraction of sp³-hybridized carbons (Fsp3) is 0.914. The van der Waals surface area contributed by atoms with Crippen LogP contribution in [0.2, 0.25) is 0 Å². The van der Waals surface area contributed by atoms with E-state index in [4.69, 9.17) is 47.4 Å². The van der Waals surface area contributed by atoms with Crippen LogP contribution in [0, 0.1) is 44.8 Å². The molecule has 5 heterocycles. The predicted octanol–water partition coefficient (Wildman–Crippen LogP) is -1.99. The third-order valence-corrected chi connectivity index (χ3v) is 22.5. The van der Waals surface area contributed by atoms with E-state index in [0.717, 1.165) is 31.3 Å². The summed E-state index contributed by atoms with van der Waals surface area (Å²) in [6.45, 7) is 17.2. The van der Waals surface area contributed by atoms with Gasteiger partial charge in [-0.25, -0.2) is 0 Å². The van der Waals surface area contributed by atoms with E-state index in [2.05, 4.69) is 47.3 Å². The average molecular weight is 1190 g/mol. The van der Waals surface area contributed by atoms with Gasteiger partial charge in [-0.3, -0.25) is 4.79 Å². The highest BCUT2D eigenvalue weighted by Gasteiger charge is 2.70. The molecule has 474 valence electrons. The topological polar surface area (TPSA) is 393 Å². The minimum atomic E-state index is -1.89. The average Bonchev–Trinajstić information content (AvgIpc) is 0.778. The summed E-state index contributed by atoms with van der Waals surface area (Å²) in [6, 6.07) is 0. The van der Waals surface area contributed by atoms with E-state index in [0.29, 0.717) is 38.5 Å². The van der Waals surface area contributed by atoms with Gasteiger partial charge in [-0.05, 0) is 112 Å². The number of hydrogen-bond donors (Lipinski definition) is 14. The quantitative estimate of drug-likeness (QED) is 0.0572. The van der Waals surface area contributed by atoms with E-state index in [1.165, 1.54) is 19.4 Å². The van der Waals surface area contributed by atoms with E-state index in [9.17, 15) is 71.5 Å². The predicted molar refractivity (Wildman–Crippen MR) is 282 cm³/mol. The zero-order valence-electron chi connectivity index (χ0n) is 48.4. The molecule has 0 spiro atoms. The Balaban J connectivity index is 0.815. The van der Waals surface area contributed by atoms with E-state index < -0.39 is 177 Å². The lowest BCUT2D eigenvalue weighted by Crippen LogP contribution is -2.66. The third-order valence-electron chi connectivity index (χ3n) is 22.5. The van der Waals surface area contributed by atoms with Crippen molar-refractivity contribution in [2.24, 2.45) is 44.8 Å². The van der Waals surface area contributed by atoms with E-state index in [-0.39, 0.29) is 46.7 Å². The van der Waals surface area contributed by atoms with Crippen LogP contribution in [-0.4, -0.2) is 251 Å². The van der Waals surface area contributed by atoms with Crippen molar-refractivity contribution in [3.8, 4) is 0 Å². The van der Waals surface area contributed by atoms with Crippen molar-refractivity contribution in [3.05, 3.63) is 23.8 Å². The van der Waals surface area contributed by atoms with Crippen LogP contribution < -0.4 is 0 Å². The standard InChI is InChI=1S/C58H92O25/c1-23-11-16-58(53(73)83-51-44(71)40(67)37(64)30(79-51)22-75-48-45(72)41(68)46(29(20-59)78-48)81-49-42(69)38(65)34(61)24(2)76-49)18-17-56(7)26(27(58)19-23)9-10-32-55(6)14-13-33(54(4,5)31(55)12-15-57(32,56)8)80-52-47(36(63)28(60)21-74-52)82-50-43(70)39(66)35(62)25(3)77-50/h9,24-25,27-52,59-72H,1,10-22H2,2-8H3/t24-,25-,27-,28-,29+,30+,31-,32+,33+,34-,35-,36-,37+,38+,39+,40-,41+,42+,43+,44+,45+,46+,47+,48+,49-,50-,51-,52-,55-,56+,57+,58-/m0/s1. The van der Waals surface area contributed by atoms with Crippen molar-refractivity contribution in [2.75, 3.05) is 19.8 Å². The summed E-state index contributed by atoms with van der Waals surface area (Å²) < 4.78 is 59.4. The first-order valence-corrected chi connectivity index (χ1v) is 29.8. The van der Waals surface area contributed by atoms with Gasteiger partial charge in [0.15, 0.2) is 25.2 Å². The van der Waals surface area contributed by atoms with E-state index >= 15 is 4.79 Å². The zero-order chi connectivity index (χ0) is 60.4. The highest BCUT2D eigenvalue weighted by atomic mass is 16.8. The van der Waals surface area contributed by atoms with Crippen molar-refractivity contribution >= 4 is 5.97 Å². The molecule has 25 nitrogen and oxygen atoms in total. The Morgan fingerprint density at radius 3 is 1.83 bits per heavy atom. The number of carbonyl (C=O) groups is 1. The molecule has 10 rings (SSSR count). The second-order valence-corrected chi connectivity index (χ2v) is 27.2. The summed E-state index contributed by atoms with van der Waals surface area (Å²) in [5, 5.41) is 151. The van der Waals surface area contributed by atoms with Crippen LogP contribution in [0.5, 0.6) is 0 Å². The number of aliphatic hydroxyl groups is 14. The maximum Gasteiger partial charge on any atom is 0.315 e. The Hall–Kier alpha value is -1.97. The second kappa shape index (κ2) is 23.8. The van der Waals surface area contributed by atoms with Gasteiger partial charge in [-0.1, -0.05) is 58.4 Å². The molecule has 10 aliphatic rings. The molecule has 0 aromatic rings. The minimum absolute atomic E-state index is 0.161. The molecule has 25 heteroatoms. The maximum absolute atomic E-state index is 15.1. The van der Waals surface area contributed by atoms with Crippen molar-refractivity contribution in [2.45, 2.75) is 266 Å². The number of allylic oxidation sites excluding steroid dienone is 3. The van der Waals surface area contributed by atoms with Gasteiger partial charge in [0, 0.05) is 5.92 Å². The highest BCUT2D eigenvalue weighted by Crippen LogP contribution is 2.75. The fourth-order valence-electron chi connectivity index (χ4n) is 17.1. The molecule has 14 N–H and O–H groups in total. The first kappa shape index (κ1) is 64.0. The van der Waals surface area contributed by atoms with Gasteiger partial charge in [0.2, 0.25) is 6.29 Å². The molecule has 0 bridgehead atoms. The monoisotopic (exact) mass is 1190 g/mol. The summed E-state index contributed by atoms with van der Waals surface area (Å²) in [4.78, 5) is 15.1. The molecule has 4 saturated carbocycles. The van der Waals surface area contributed by atoms with Gasteiger partial charge in [0.05, 0.1) is 43.5 Å². The molecule has 5 saturated heterocycles. The van der Waals surface area contributed by atoms with Crippen molar-refractivity contribution < 1.29 is 124 Å². The number of esters is 1. The van der Waals surface area contributed by atoms with Crippen molar-refractivity contribution in [1.82, 2.24) is 0 Å². The summed E-state index contributed by atoms with van der Waals surface area (Å²) >= 11 is 0. The first-order valence-electron chi connectivity index (χ1n) is 29.8. The Bertz CT molecular complexity index is 2340. The van der Waals surface area contributed by atoms with Crippen LogP contribution in [-0.2, 0) is 52.2 Å². The van der Waals surface area contributed by atoms with Crippen LogP contribution in [0.4, 0.5) is 0 Å². The Morgan fingerprint density at radius 1 is 0.602 bits per heavy atom. The Morgan fingerprint density at radius 2 is 1.19 bits per heavy atom. The van der Waals surface area contributed by atoms with Gasteiger partial charge < -0.3 is 119 Å². The number of carbonyl (C=O) groups excluding carboxylic acids is 1. The Kier molecular flexibility index (Phi) is 18.3. The molecule has 83 heavy (non-hydrogen) atoms. The van der Waals surface area contributed by atoms with Gasteiger partial charge in [-0.15, -0.1) is 0 Å². The van der Waals surface area contributed by atoms with Crippen LogP contribution >= 0.6 is 0 Å². The molecule has 32 atom stereocenters. The highest BCUT2D eigenvalue weighted by molar-refractivity contribution is 5.79. The molecular formula is C58H92O25. The number of aliphatic hydroxyl groups excluding tert-OH is 14. The number of fused-ring (bicyclic) bond motifs is 7. The van der Waals surface area contributed by atoms with Crippen LogP contribution in [0.25, 0.3) is 0 Å². The van der Waals surface area contributed by atoms with Gasteiger partial charge in [0.25, 0.3) is 0 Å². The van der Waals surface area contributed by atoms with Crippen LogP contribution in [0.15, 0.2) is 23.8 Å². The molecule has 0 unspecified atom stereocenters. The SMILES string of the molecule is C=C1CC[C@]2(C(=O)O[C@@H]3O[C@H](CO[C@@H]4O[C@H](CO)[C@@H](O[C@@H]5O[C@@H](C)[C@H](O)[C@@H](O)[C@H]5O)[C@H](O)[C@H]4O)[C@@H](O)[C@H](O)[C@H]3O)CC[C@]3(C)C(=CC[C@@H]4[C@@]5(C)CC[C@@H](O[C@@H]6OC[C@H](O)[C@H](O)[C@H]6O[C@@H]6O[C@@H](C)[C@H](O)[C@@H](O)[C@H]6O)C(C)(C)[C@@H]5CC[C@]43C)[C@@H]2C1. The molecule has 0 amide bonds. The van der Waals surface area contributed by atoms with Crippen LogP contribution in [0.1, 0.15) is 113 Å². The lowest BCUT2D eigenvalue weighted by Gasteiger charge is -2.71. The first-order chi connectivity index (χ1) is 38.9. The number of rotatable bonds is 12. The summed E-state index contributed by atoms with van der Waals surface area (Å²) in [6.07, 6.45) is -28.6. The lowest BCUT2D eigenvalue weighted by molar-refractivity contribution is -0.364. The third kappa shape index (κ3) is 10.7. The maximum atomic E-state index is 15.1. The Labute approximate surface area is 483 Å². The molecular weight excluding hydrogens is 1100 g/mol. The molecule has 0 aromatic carbocycles. The van der Waals surface area contributed by atoms with E-state index in [1.54, 1.807) is 0 Å². The smallest absolute Gasteiger partial charge is 0.315 e. The lowest BCUT2D eigenvalue weighted by atomic mass is 9.34. The number of ether oxygens (including phenoxy) is 10. The van der Waals surface area contributed by atoms with Crippen molar-refractivity contribution in [1.29, 1.82) is 0 Å². The van der Waals surface area contributed by atoms with Gasteiger partial charge in [-0.2, -0.15) is 0 Å².